The molecule has 2 fully saturated rings. The summed E-state index contributed by atoms with van der Waals surface area (Å²) >= 11 is 7.54. The Morgan fingerprint density at radius 2 is 2.32 bits per heavy atom. The zero-order valence-electron chi connectivity index (χ0n) is 10.9. The van der Waals surface area contributed by atoms with Crippen molar-refractivity contribution in [3.63, 3.8) is 0 Å². The fraction of sp³-hybridized carbons (Fsp3) is 0.643. The van der Waals surface area contributed by atoms with Crippen molar-refractivity contribution in [2.45, 2.75) is 38.3 Å². The van der Waals surface area contributed by atoms with Gasteiger partial charge < -0.3 is 5.11 Å². The van der Waals surface area contributed by atoms with Crippen molar-refractivity contribution in [2.24, 2.45) is 11.8 Å². The van der Waals surface area contributed by atoms with E-state index < -0.39 is 5.97 Å². The number of halogens is 1. The van der Waals surface area contributed by atoms with E-state index in [1.165, 1.54) is 12.8 Å². The van der Waals surface area contributed by atoms with E-state index in [2.05, 4.69) is 11.8 Å². The van der Waals surface area contributed by atoms with Gasteiger partial charge in [-0.2, -0.15) is 0 Å². The molecule has 4 atom stereocenters. The van der Waals surface area contributed by atoms with Crippen molar-refractivity contribution in [1.29, 1.82) is 0 Å². The number of fused-ring (bicyclic) bond motifs is 1. The first-order valence-electron chi connectivity index (χ1n) is 6.81. The summed E-state index contributed by atoms with van der Waals surface area (Å²) in [6.07, 6.45) is 3.44. The SMILES string of the molecule is CC(c1ccc(Cl)s1)N1CC2CCCC2C1C(=O)O. The number of aliphatic carboxylic acids is 1. The Morgan fingerprint density at radius 1 is 1.53 bits per heavy atom. The molecule has 2 heterocycles. The molecule has 0 radical (unpaired) electrons. The van der Waals surface area contributed by atoms with Gasteiger partial charge in [-0.25, -0.2) is 0 Å². The van der Waals surface area contributed by atoms with Crippen LogP contribution in [0.25, 0.3) is 0 Å². The average molecular weight is 300 g/mol. The Balaban J connectivity index is 1.85. The maximum absolute atomic E-state index is 11.6. The first-order chi connectivity index (χ1) is 9.08. The standard InChI is InChI=1S/C14H18ClNO2S/c1-8(11-5-6-12(15)19-11)16-7-9-3-2-4-10(9)13(16)14(17)18/h5-6,8-10,13H,2-4,7H2,1H3,(H,17,18). The van der Waals surface area contributed by atoms with Gasteiger partial charge in [0, 0.05) is 17.5 Å². The molecule has 4 unspecified atom stereocenters. The van der Waals surface area contributed by atoms with Gasteiger partial charge in [-0.3, -0.25) is 9.69 Å². The third kappa shape index (κ3) is 2.30. The molecule has 1 aromatic heterocycles. The van der Waals surface area contributed by atoms with Gasteiger partial charge in [-0.05, 0) is 43.7 Å². The van der Waals surface area contributed by atoms with Crippen molar-refractivity contribution in [1.82, 2.24) is 4.90 Å². The molecule has 5 heteroatoms. The fourth-order valence-electron chi connectivity index (χ4n) is 3.78. The molecule has 0 bridgehead atoms. The van der Waals surface area contributed by atoms with E-state index >= 15 is 0 Å². The summed E-state index contributed by atoms with van der Waals surface area (Å²) in [5, 5.41) is 9.57. The van der Waals surface area contributed by atoms with Gasteiger partial charge in [0.05, 0.1) is 4.34 Å². The second-order valence-corrected chi connectivity index (χ2v) is 7.40. The first kappa shape index (κ1) is 13.4. The van der Waals surface area contributed by atoms with E-state index in [1.54, 1.807) is 11.3 Å². The van der Waals surface area contributed by atoms with Gasteiger partial charge in [0.1, 0.15) is 6.04 Å². The molecule has 104 valence electrons. The van der Waals surface area contributed by atoms with E-state index in [0.717, 1.165) is 22.2 Å². The molecule has 0 spiro atoms. The Kier molecular flexibility index (Phi) is 3.58. The van der Waals surface area contributed by atoms with Gasteiger partial charge in [-0.15, -0.1) is 11.3 Å². The van der Waals surface area contributed by atoms with Crippen LogP contribution in [0.2, 0.25) is 4.34 Å². The normalized spacial score (nSPS) is 32.4. The lowest BCUT2D eigenvalue weighted by Crippen LogP contribution is -2.40. The number of nitrogens with zero attached hydrogens (tertiary/aromatic N) is 1. The Morgan fingerprint density at radius 3 is 2.95 bits per heavy atom. The van der Waals surface area contributed by atoms with Crippen molar-refractivity contribution >= 4 is 28.9 Å². The van der Waals surface area contributed by atoms with Crippen LogP contribution in [-0.4, -0.2) is 28.6 Å². The molecule has 1 aliphatic heterocycles. The zero-order chi connectivity index (χ0) is 13.6. The highest BCUT2D eigenvalue weighted by Gasteiger charge is 2.49. The van der Waals surface area contributed by atoms with Crippen LogP contribution in [0.5, 0.6) is 0 Å². The van der Waals surface area contributed by atoms with Crippen molar-refractivity contribution in [3.8, 4) is 0 Å². The average Bonchev–Trinajstić information content (AvgIpc) is 3.00. The lowest BCUT2D eigenvalue weighted by atomic mass is 9.94. The van der Waals surface area contributed by atoms with Crippen LogP contribution in [0.3, 0.4) is 0 Å². The summed E-state index contributed by atoms with van der Waals surface area (Å²) in [7, 11) is 0. The minimum Gasteiger partial charge on any atom is -0.480 e. The minimum absolute atomic E-state index is 0.143. The topological polar surface area (TPSA) is 40.5 Å². The van der Waals surface area contributed by atoms with Crippen molar-refractivity contribution < 1.29 is 9.90 Å². The number of rotatable bonds is 3. The molecule has 1 aromatic rings. The highest BCUT2D eigenvalue weighted by atomic mass is 35.5. The fourth-order valence-corrected chi connectivity index (χ4v) is 4.91. The van der Waals surface area contributed by atoms with Crippen molar-refractivity contribution in [2.75, 3.05) is 6.54 Å². The van der Waals surface area contributed by atoms with Crippen LogP contribution in [0.15, 0.2) is 12.1 Å². The van der Waals surface area contributed by atoms with Crippen molar-refractivity contribution in [3.05, 3.63) is 21.3 Å². The molecule has 1 aliphatic carbocycles. The van der Waals surface area contributed by atoms with E-state index in [9.17, 15) is 9.90 Å². The van der Waals surface area contributed by atoms with Crippen LogP contribution >= 0.6 is 22.9 Å². The largest absolute Gasteiger partial charge is 0.480 e. The number of carbonyl (C=O) groups is 1. The number of thiophene rings is 1. The highest BCUT2D eigenvalue weighted by molar-refractivity contribution is 7.16. The molecule has 1 N–H and O–H groups in total. The molecule has 0 amide bonds. The second kappa shape index (κ2) is 5.08. The molecule has 2 aliphatic rings. The minimum atomic E-state index is -0.663. The van der Waals surface area contributed by atoms with Crippen LogP contribution in [-0.2, 0) is 4.79 Å². The van der Waals surface area contributed by atoms with E-state index in [1.807, 2.05) is 12.1 Å². The summed E-state index contributed by atoms with van der Waals surface area (Å²) in [5.74, 6) is 0.248. The van der Waals surface area contributed by atoms with E-state index in [4.69, 9.17) is 11.6 Å². The van der Waals surface area contributed by atoms with Crippen LogP contribution in [0.1, 0.15) is 37.1 Å². The highest BCUT2D eigenvalue weighted by Crippen LogP contribution is 2.46. The smallest absolute Gasteiger partial charge is 0.321 e. The summed E-state index contributed by atoms with van der Waals surface area (Å²) in [5.41, 5.74) is 0. The summed E-state index contributed by atoms with van der Waals surface area (Å²) in [4.78, 5) is 15.0. The quantitative estimate of drug-likeness (QED) is 0.926. The zero-order valence-corrected chi connectivity index (χ0v) is 12.5. The summed E-state index contributed by atoms with van der Waals surface area (Å²) in [6, 6.07) is 3.74. The lowest BCUT2D eigenvalue weighted by Gasteiger charge is -2.29. The van der Waals surface area contributed by atoms with Crippen LogP contribution in [0, 0.1) is 11.8 Å². The number of carboxylic acids is 1. The van der Waals surface area contributed by atoms with Gasteiger partial charge in [0.15, 0.2) is 0 Å². The number of hydrogen-bond donors (Lipinski definition) is 1. The third-order valence-electron chi connectivity index (χ3n) is 4.68. The molecule has 3 nitrogen and oxygen atoms in total. The van der Waals surface area contributed by atoms with E-state index in [0.29, 0.717) is 11.8 Å². The molecule has 3 rings (SSSR count). The van der Waals surface area contributed by atoms with E-state index in [-0.39, 0.29) is 12.1 Å². The Bertz CT molecular complexity index is 490. The van der Waals surface area contributed by atoms with Gasteiger partial charge >= 0.3 is 5.97 Å². The lowest BCUT2D eigenvalue weighted by molar-refractivity contribution is -0.144. The Hall–Kier alpha value is -0.580. The Labute approximate surface area is 122 Å². The first-order valence-corrected chi connectivity index (χ1v) is 8.01. The van der Waals surface area contributed by atoms with Gasteiger partial charge in [-0.1, -0.05) is 18.0 Å². The van der Waals surface area contributed by atoms with Gasteiger partial charge in [0.2, 0.25) is 0 Å². The van der Waals surface area contributed by atoms with Crippen LogP contribution in [0.4, 0.5) is 0 Å². The summed E-state index contributed by atoms with van der Waals surface area (Å²) in [6.45, 7) is 3.01. The number of hydrogen-bond acceptors (Lipinski definition) is 3. The number of likely N-dealkylation sites (tertiary alicyclic amines) is 1. The predicted molar refractivity (Wildman–Crippen MR) is 76.7 cm³/mol. The number of carboxylic acid groups (broad SMARTS) is 1. The monoisotopic (exact) mass is 299 g/mol. The third-order valence-corrected chi connectivity index (χ3v) is 6.08. The molecular formula is C14H18ClNO2S. The molecule has 19 heavy (non-hydrogen) atoms. The van der Waals surface area contributed by atoms with Crippen LogP contribution < -0.4 is 0 Å². The molecular weight excluding hydrogens is 282 g/mol. The van der Waals surface area contributed by atoms with Gasteiger partial charge in [0.25, 0.3) is 0 Å². The maximum Gasteiger partial charge on any atom is 0.321 e. The second-order valence-electron chi connectivity index (χ2n) is 5.65. The molecule has 0 aromatic carbocycles. The molecule has 1 saturated heterocycles. The molecule has 1 saturated carbocycles. The predicted octanol–water partition coefficient (Wildman–Crippen LogP) is 3.65. The maximum atomic E-state index is 11.6. The summed E-state index contributed by atoms with van der Waals surface area (Å²) < 4.78 is 0.771.